The number of ketones is 1. The van der Waals surface area contributed by atoms with Gasteiger partial charge in [-0.25, -0.2) is 4.98 Å². The number of aryl methyl sites for hydroxylation is 1. The topological polar surface area (TPSA) is 97.4 Å². The van der Waals surface area contributed by atoms with Gasteiger partial charge in [0.15, 0.2) is 0 Å². The Kier molecular flexibility index (Phi) is 6.94. The number of pyridine rings is 1. The van der Waals surface area contributed by atoms with Crippen LogP contribution in [0, 0.1) is 5.92 Å². The summed E-state index contributed by atoms with van der Waals surface area (Å²) in [5.41, 5.74) is 2.57. The second-order valence-corrected chi connectivity index (χ2v) is 7.03. The summed E-state index contributed by atoms with van der Waals surface area (Å²) in [5.74, 6) is -0.0587. The fourth-order valence-electron chi connectivity index (χ4n) is 3.45. The molecule has 0 saturated carbocycles. The molecule has 7 heteroatoms. The lowest BCUT2D eigenvalue weighted by atomic mass is 9.92. The minimum Gasteiger partial charge on any atom is -0.469 e. The molecule has 7 nitrogen and oxygen atoms in total. The molecule has 3 rings (SSSR count). The third-order valence-electron chi connectivity index (χ3n) is 5.05. The van der Waals surface area contributed by atoms with E-state index in [1.807, 2.05) is 30.3 Å². The Morgan fingerprint density at radius 1 is 1.14 bits per heavy atom. The summed E-state index contributed by atoms with van der Waals surface area (Å²) in [5, 5.41) is 6.02. The number of carbonyl (C=O) groups excluding carboxylic acids is 3. The van der Waals surface area contributed by atoms with Gasteiger partial charge in [0.2, 0.25) is 0 Å². The zero-order chi connectivity index (χ0) is 20.6. The van der Waals surface area contributed by atoms with Gasteiger partial charge in [-0.15, -0.1) is 0 Å². The van der Waals surface area contributed by atoms with Gasteiger partial charge in [-0.05, 0) is 48.2 Å². The van der Waals surface area contributed by atoms with Crippen molar-refractivity contribution in [1.82, 2.24) is 10.3 Å². The van der Waals surface area contributed by atoms with Crippen LogP contribution in [0.3, 0.4) is 0 Å². The Morgan fingerprint density at radius 3 is 2.76 bits per heavy atom. The Bertz CT molecular complexity index is 883. The predicted octanol–water partition coefficient (Wildman–Crippen LogP) is 2.16. The number of fused-ring (bicyclic) bond motifs is 1. The summed E-state index contributed by atoms with van der Waals surface area (Å²) in [6.45, 7) is 1.03. The van der Waals surface area contributed by atoms with E-state index in [1.165, 1.54) is 7.11 Å². The van der Waals surface area contributed by atoms with Gasteiger partial charge in [-0.3, -0.25) is 14.4 Å². The molecule has 1 unspecified atom stereocenters. The van der Waals surface area contributed by atoms with Crippen molar-refractivity contribution in [2.45, 2.75) is 25.7 Å². The van der Waals surface area contributed by atoms with Crippen molar-refractivity contribution in [3.8, 4) is 0 Å². The fourth-order valence-corrected chi connectivity index (χ4v) is 3.45. The fraction of sp³-hybridized carbons (Fsp3) is 0.364. The maximum atomic E-state index is 12.5. The van der Waals surface area contributed by atoms with Gasteiger partial charge in [0.1, 0.15) is 11.6 Å². The Labute approximate surface area is 169 Å². The van der Waals surface area contributed by atoms with Crippen molar-refractivity contribution >= 4 is 23.5 Å². The van der Waals surface area contributed by atoms with E-state index < -0.39 is 0 Å². The third kappa shape index (κ3) is 5.63. The molecule has 0 saturated heterocycles. The first-order valence-corrected chi connectivity index (χ1v) is 9.71. The lowest BCUT2D eigenvalue weighted by Gasteiger charge is -2.13. The highest BCUT2D eigenvalue weighted by Gasteiger charge is 2.27. The molecule has 1 aliphatic rings. The van der Waals surface area contributed by atoms with Crippen LogP contribution in [0.4, 0.5) is 5.82 Å². The lowest BCUT2D eigenvalue weighted by Crippen LogP contribution is -2.29. The first-order chi connectivity index (χ1) is 14.1. The van der Waals surface area contributed by atoms with Gasteiger partial charge in [0.05, 0.1) is 13.5 Å². The number of anilines is 1. The van der Waals surface area contributed by atoms with Crippen molar-refractivity contribution in [2.24, 2.45) is 5.92 Å². The summed E-state index contributed by atoms with van der Waals surface area (Å²) in [4.78, 5) is 40.5. The number of Topliss-reactive ketones (excluding diaryl/α,β-unsaturated/α-hetero) is 1. The molecule has 1 amide bonds. The highest BCUT2D eigenvalue weighted by atomic mass is 16.5. The van der Waals surface area contributed by atoms with Crippen LogP contribution in [-0.4, -0.2) is 42.8 Å². The molecule has 29 heavy (non-hydrogen) atoms. The van der Waals surface area contributed by atoms with E-state index >= 15 is 0 Å². The Hall–Kier alpha value is -3.22. The summed E-state index contributed by atoms with van der Waals surface area (Å²) in [6, 6.07) is 11.1. The molecular formula is C22H25N3O4. The van der Waals surface area contributed by atoms with E-state index in [9.17, 15) is 14.4 Å². The van der Waals surface area contributed by atoms with Gasteiger partial charge < -0.3 is 15.4 Å². The van der Waals surface area contributed by atoms with Crippen LogP contribution in [0.25, 0.3) is 0 Å². The zero-order valence-electron chi connectivity index (χ0n) is 16.4. The van der Waals surface area contributed by atoms with Crippen LogP contribution in [0.1, 0.15) is 34.3 Å². The number of carbonyl (C=O) groups is 3. The predicted molar refractivity (Wildman–Crippen MR) is 109 cm³/mol. The SMILES string of the molecule is COC(=O)CC1Cc2ccc(C(=O)NCCNc3ccccn3)cc2CCC1=O. The molecule has 0 fully saturated rings. The molecule has 2 N–H and O–H groups in total. The van der Waals surface area contributed by atoms with Gasteiger partial charge in [-0.1, -0.05) is 12.1 Å². The van der Waals surface area contributed by atoms with E-state index in [2.05, 4.69) is 15.6 Å². The number of nitrogens with zero attached hydrogens (tertiary/aromatic N) is 1. The number of rotatable bonds is 7. The maximum absolute atomic E-state index is 12.5. The quantitative estimate of drug-likeness (QED) is 0.424. The average Bonchev–Trinajstić information content (AvgIpc) is 2.90. The van der Waals surface area contributed by atoms with Crippen molar-refractivity contribution < 1.29 is 19.1 Å². The second kappa shape index (κ2) is 9.82. The monoisotopic (exact) mass is 395 g/mol. The number of amides is 1. The number of nitrogens with one attached hydrogen (secondary N) is 2. The number of methoxy groups -OCH3 is 1. The normalized spacial score (nSPS) is 15.8. The molecule has 0 radical (unpaired) electrons. The van der Waals surface area contributed by atoms with Crippen molar-refractivity contribution in [1.29, 1.82) is 0 Å². The first-order valence-electron chi connectivity index (χ1n) is 9.71. The van der Waals surface area contributed by atoms with Gasteiger partial charge >= 0.3 is 5.97 Å². The third-order valence-corrected chi connectivity index (χ3v) is 5.05. The number of hydrogen-bond donors (Lipinski definition) is 2. The molecule has 0 spiro atoms. The summed E-state index contributed by atoms with van der Waals surface area (Å²) in [6.07, 6.45) is 3.25. The highest BCUT2D eigenvalue weighted by molar-refractivity contribution is 5.94. The van der Waals surface area contributed by atoms with E-state index in [0.29, 0.717) is 37.9 Å². The molecule has 152 valence electrons. The molecular weight excluding hydrogens is 370 g/mol. The van der Waals surface area contributed by atoms with Crippen molar-refractivity contribution in [3.05, 3.63) is 59.3 Å². The smallest absolute Gasteiger partial charge is 0.306 e. The second-order valence-electron chi connectivity index (χ2n) is 7.03. The highest BCUT2D eigenvalue weighted by Crippen LogP contribution is 2.26. The Balaban J connectivity index is 1.57. The largest absolute Gasteiger partial charge is 0.469 e. The van der Waals surface area contributed by atoms with E-state index in [0.717, 1.165) is 16.9 Å². The summed E-state index contributed by atoms with van der Waals surface area (Å²) < 4.78 is 4.70. The molecule has 0 bridgehead atoms. The lowest BCUT2D eigenvalue weighted by molar-refractivity contribution is -0.143. The summed E-state index contributed by atoms with van der Waals surface area (Å²) in [7, 11) is 1.33. The van der Waals surface area contributed by atoms with E-state index in [-0.39, 0.29) is 30.0 Å². The number of ether oxygens (including phenoxy) is 1. The van der Waals surface area contributed by atoms with E-state index in [1.54, 1.807) is 12.3 Å². The number of benzene rings is 1. The van der Waals surface area contributed by atoms with Crippen molar-refractivity contribution in [3.63, 3.8) is 0 Å². The average molecular weight is 395 g/mol. The number of hydrogen-bond acceptors (Lipinski definition) is 6. The van der Waals surface area contributed by atoms with Crippen LogP contribution >= 0.6 is 0 Å². The number of esters is 1. The first kappa shape index (κ1) is 20.5. The minimum atomic E-state index is -0.373. The van der Waals surface area contributed by atoms with Gasteiger partial charge in [0.25, 0.3) is 5.91 Å². The van der Waals surface area contributed by atoms with Crippen LogP contribution in [0.15, 0.2) is 42.6 Å². The standard InChI is InChI=1S/C22H25N3O4/c1-29-21(27)14-18-13-15-5-6-17(12-16(15)7-8-19(18)26)22(28)25-11-10-24-20-4-2-3-9-23-20/h2-6,9,12,18H,7-8,10-11,13-14H2,1H3,(H,23,24)(H,25,28). The molecule has 2 aromatic rings. The number of aromatic nitrogens is 1. The van der Waals surface area contributed by atoms with Gasteiger partial charge in [0, 0.05) is 37.2 Å². The van der Waals surface area contributed by atoms with Crippen LogP contribution in [0.2, 0.25) is 0 Å². The van der Waals surface area contributed by atoms with Crippen LogP contribution in [-0.2, 0) is 27.2 Å². The molecule has 1 aromatic carbocycles. The maximum Gasteiger partial charge on any atom is 0.306 e. The molecule has 1 atom stereocenters. The van der Waals surface area contributed by atoms with E-state index in [4.69, 9.17) is 4.74 Å². The van der Waals surface area contributed by atoms with Crippen molar-refractivity contribution in [2.75, 3.05) is 25.5 Å². The molecule has 1 aliphatic carbocycles. The molecule has 1 aromatic heterocycles. The Morgan fingerprint density at radius 2 is 2.00 bits per heavy atom. The van der Waals surface area contributed by atoms with Gasteiger partial charge in [-0.2, -0.15) is 0 Å². The summed E-state index contributed by atoms with van der Waals surface area (Å²) >= 11 is 0. The van der Waals surface area contributed by atoms with Crippen LogP contribution < -0.4 is 10.6 Å². The molecule has 0 aliphatic heterocycles. The minimum absolute atomic E-state index is 0.0678. The van der Waals surface area contributed by atoms with Crippen LogP contribution in [0.5, 0.6) is 0 Å². The molecule has 1 heterocycles. The zero-order valence-corrected chi connectivity index (χ0v) is 16.4.